The molecule has 0 aromatic carbocycles. The van der Waals surface area contributed by atoms with E-state index in [9.17, 15) is 4.79 Å². The largest absolute Gasteiger partial charge is 0.462 e. The van der Waals surface area contributed by atoms with Crippen molar-refractivity contribution in [3.8, 4) is 0 Å². The molecule has 1 atom stereocenters. The summed E-state index contributed by atoms with van der Waals surface area (Å²) < 4.78 is 10.7. The van der Waals surface area contributed by atoms with E-state index in [2.05, 4.69) is 20.0 Å². The van der Waals surface area contributed by atoms with E-state index in [1.165, 1.54) is 12.5 Å². The summed E-state index contributed by atoms with van der Waals surface area (Å²) in [6.45, 7) is 10.2. The third kappa shape index (κ3) is 7.34. The van der Waals surface area contributed by atoms with Gasteiger partial charge >= 0.3 is 5.97 Å². The zero-order chi connectivity index (χ0) is 13.3. The van der Waals surface area contributed by atoms with E-state index < -0.39 is 8.32 Å². The van der Waals surface area contributed by atoms with Crippen LogP contribution >= 0.6 is 0 Å². The van der Waals surface area contributed by atoms with Crippen LogP contribution in [0.3, 0.4) is 0 Å². The van der Waals surface area contributed by atoms with Crippen molar-refractivity contribution in [2.45, 2.75) is 51.7 Å². The van der Waals surface area contributed by atoms with Crippen LogP contribution in [0.4, 0.5) is 0 Å². The molecule has 0 saturated heterocycles. The molecule has 0 heterocycles. The van der Waals surface area contributed by atoms with Crippen LogP contribution in [0, 0.1) is 0 Å². The number of carbonyl (C=O) groups excluding carboxylic acids is 1. The first-order chi connectivity index (χ1) is 7.95. The first kappa shape index (κ1) is 16.4. The summed E-state index contributed by atoms with van der Waals surface area (Å²) in [6.07, 6.45) is 3.16. The summed E-state index contributed by atoms with van der Waals surface area (Å²) in [7, 11) is 0.342. The molecular weight excluding hydrogens is 232 g/mol. The Kier molecular flexibility index (Phi) is 8.17. The fourth-order valence-electron chi connectivity index (χ4n) is 1.75. The first-order valence-corrected chi connectivity index (χ1v) is 9.15. The van der Waals surface area contributed by atoms with Crippen LogP contribution in [0.2, 0.25) is 18.6 Å². The zero-order valence-electron chi connectivity index (χ0n) is 11.7. The van der Waals surface area contributed by atoms with Gasteiger partial charge in [0.2, 0.25) is 0 Å². The molecule has 0 rings (SSSR count). The number of ether oxygens (including phenoxy) is 1. The van der Waals surface area contributed by atoms with Crippen molar-refractivity contribution in [2.75, 3.05) is 13.7 Å². The average Bonchev–Trinajstić information content (AvgIpc) is 2.28. The highest BCUT2D eigenvalue weighted by Gasteiger charge is 2.25. The molecule has 1 unspecified atom stereocenters. The first-order valence-electron chi connectivity index (χ1n) is 6.33. The standard InChI is InChI=1S/C13H26O3Si/c1-6-10-17(5,15-4)11-8-7-9-16-13(14)12(2)3/h2,6-11H2,1,3-5H3. The van der Waals surface area contributed by atoms with Crippen molar-refractivity contribution < 1.29 is 14.0 Å². The van der Waals surface area contributed by atoms with Gasteiger partial charge in [0.05, 0.1) is 6.61 Å². The molecule has 0 spiro atoms. The molecule has 0 saturated carbocycles. The van der Waals surface area contributed by atoms with Crippen molar-refractivity contribution in [1.82, 2.24) is 0 Å². The molecule has 0 aliphatic heterocycles. The minimum atomic E-state index is -1.48. The molecule has 0 aliphatic carbocycles. The number of esters is 1. The van der Waals surface area contributed by atoms with Gasteiger partial charge < -0.3 is 9.16 Å². The Morgan fingerprint density at radius 3 is 2.41 bits per heavy atom. The van der Waals surface area contributed by atoms with Gasteiger partial charge in [0, 0.05) is 12.7 Å². The van der Waals surface area contributed by atoms with E-state index in [-0.39, 0.29) is 5.97 Å². The molecule has 0 fully saturated rings. The molecule has 0 aromatic rings. The Morgan fingerprint density at radius 2 is 1.94 bits per heavy atom. The van der Waals surface area contributed by atoms with Crippen molar-refractivity contribution >= 4 is 14.3 Å². The van der Waals surface area contributed by atoms with Gasteiger partial charge in [0.1, 0.15) is 0 Å². The summed E-state index contributed by atoms with van der Waals surface area (Å²) >= 11 is 0. The lowest BCUT2D eigenvalue weighted by Gasteiger charge is -2.24. The van der Waals surface area contributed by atoms with Gasteiger partial charge in [-0.05, 0) is 32.0 Å². The summed E-state index contributed by atoms with van der Waals surface area (Å²) in [6, 6.07) is 2.34. The van der Waals surface area contributed by atoms with E-state index in [1.54, 1.807) is 6.92 Å². The Hall–Kier alpha value is -0.613. The van der Waals surface area contributed by atoms with Gasteiger partial charge in [0.25, 0.3) is 0 Å². The lowest BCUT2D eigenvalue weighted by atomic mass is 10.3. The second-order valence-corrected chi connectivity index (χ2v) is 9.09. The maximum Gasteiger partial charge on any atom is 0.333 e. The van der Waals surface area contributed by atoms with Gasteiger partial charge in [-0.1, -0.05) is 26.3 Å². The smallest absolute Gasteiger partial charge is 0.333 e. The number of hydrogen-bond acceptors (Lipinski definition) is 3. The maximum absolute atomic E-state index is 11.1. The summed E-state index contributed by atoms with van der Waals surface area (Å²) in [5, 5.41) is 0. The van der Waals surface area contributed by atoms with Gasteiger partial charge in [-0.3, -0.25) is 0 Å². The quantitative estimate of drug-likeness (QED) is 0.275. The van der Waals surface area contributed by atoms with E-state index in [0.29, 0.717) is 12.2 Å². The fraction of sp³-hybridized carbons (Fsp3) is 0.769. The predicted octanol–water partition coefficient (Wildman–Crippen LogP) is 3.52. The molecule has 3 nitrogen and oxygen atoms in total. The Morgan fingerprint density at radius 1 is 1.29 bits per heavy atom. The molecule has 0 N–H and O–H groups in total. The molecule has 4 heteroatoms. The van der Waals surface area contributed by atoms with Crippen LogP contribution in [0.5, 0.6) is 0 Å². The Labute approximate surface area is 106 Å². The van der Waals surface area contributed by atoms with E-state index in [4.69, 9.17) is 9.16 Å². The molecule has 0 radical (unpaired) electrons. The lowest BCUT2D eigenvalue weighted by molar-refractivity contribution is -0.139. The summed E-state index contributed by atoms with van der Waals surface area (Å²) in [4.78, 5) is 11.1. The number of hydrogen-bond donors (Lipinski definition) is 0. The zero-order valence-corrected chi connectivity index (χ0v) is 12.7. The van der Waals surface area contributed by atoms with Gasteiger partial charge in [-0.15, -0.1) is 0 Å². The summed E-state index contributed by atoms with van der Waals surface area (Å²) in [5.74, 6) is -0.287. The van der Waals surface area contributed by atoms with Crippen LogP contribution in [-0.2, 0) is 14.0 Å². The number of rotatable bonds is 9. The van der Waals surface area contributed by atoms with E-state index in [1.807, 2.05) is 7.11 Å². The average molecular weight is 258 g/mol. The van der Waals surface area contributed by atoms with Gasteiger partial charge in [0.15, 0.2) is 8.32 Å². The van der Waals surface area contributed by atoms with Crippen LogP contribution < -0.4 is 0 Å². The Balaban J connectivity index is 3.69. The normalized spacial score (nSPS) is 14.1. The molecule has 0 amide bonds. The van der Waals surface area contributed by atoms with Crippen LogP contribution in [-0.4, -0.2) is 28.0 Å². The minimum Gasteiger partial charge on any atom is -0.462 e. The second-order valence-electron chi connectivity index (χ2n) is 4.78. The van der Waals surface area contributed by atoms with Crippen LogP contribution in [0.15, 0.2) is 12.2 Å². The molecule has 0 bridgehead atoms. The van der Waals surface area contributed by atoms with Crippen molar-refractivity contribution in [3.63, 3.8) is 0 Å². The van der Waals surface area contributed by atoms with Crippen LogP contribution in [0.1, 0.15) is 33.1 Å². The second kappa shape index (κ2) is 8.47. The minimum absolute atomic E-state index is 0.287. The summed E-state index contributed by atoms with van der Waals surface area (Å²) in [5.41, 5.74) is 0.465. The third-order valence-corrected chi connectivity index (χ3v) is 6.91. The van der Waals surface area contributed by atoms with Crippen LogP contribution in [0.25, 0.3) is 0 Å². The Bertz CT molecular complexity index is 253. The molecule has 17 heavy (non-hydrogen) atoms. The van der Waals surface area contributed by atoms with Crippen molar-refractivity contribution in [1.29, 1.82) is 0 Å². The highest BCUT2D eigenvalue weighted by molar-refractivity contribution is 6.72. The highest BCUT2D eigenvalue weighted by Crippen LogP contribution is 2.21. The number of unbranched alkanes of at least 4 members (excludes halogenated alkanes) is 1. The van der Waals surface area contributed by atoms with Gasteiger partial charge in [-0.2, -0.15) is 0 Å². The number of carbonyl (C=O) groups is 1. The van der Waals surface area contributed by atoms with Crippen molar-refractivity contribution in [3.05, 3.63) is 12.2 Å². The predicted molar refractivity (Wildman–Crippen MR) is 73.5 cm³/mol. The van der Waals surface area contributed by atoms with Gasteiger partial charge in [-0.25, -0.2) is 4.79 Å². The highest BCUT2D eigenvalue weighted by atomic mass is 28.4. The third-order valence-electron chi connectivity index (χ3n) is 2.95. The molecular formula is C13H26O3Si. The topological polar surface area (TPSA) is 35.5 Å². The lowest BCUT2D eigenvalue weighted by Crippen LogP contribution is -2.32. The van der Waals surface area contributed by atoms with E-state index in [0.717, 1.165) is 18.9 Å². The van der Waals surface area contributed by atoms with Crippen molar-refractivity contribution in [2.24, 2.45) is 0 Å². The molecule has 0 aromatic heterocycles. The van der Waals surface area contributed by atoms with E-state index >= 15 is 0 Å². The molecule has 100 valence electrons. The maximum atomic E-state index is 11.1. The fourth-order valence-corrected chi connectivity index (χ4v) is 4.46. The SMILES string of the molecule is C=C(C)C(=O)OCCCC[Si](C)(CCC)OC. The molecule has 0 aliphatic rings. The monoisotopic (exact) mass is 258 g/mol.